The van der Waals surface area contributed by atoms with Crippen LogP contribution >= 0.6 is 12.6 Å². The van der Waals surface area contributed by atoms with E-state index in [4.69, 9.17) is 4.74 Å². The summed E-state index contributed by atoms with van der Waals surface area (Å²) in [4.78, 5) is 15.1. The summed E-state index contributed by atoms with van der Waals surface area (Å²) in [7, 11) is 0. The molecule has 0 spiro atoms. The second-order valence-electron chi connectivity index (χ2n) is 5.42. The highest BCUT2D eigenvalue weighted by molar-refractivity contribution is 7.80. The third kappa shape index (κ3) is 3.06. The van der Waals surface area contributed by atoms with Gasteiger partial charge in [0.2, 0.25) is 0 Å². The Morgan fingerprint density at radius 2 is 2.00 bits per heavy atom. The minimum atomic E-state index is -0.281. The quantitative estimate of drug-likeness (QED) is 0.791. The monoisotopic (exact) mass is 265 g/mol. The Morgan fingerprint density at radius 3 is 2.56 bits per heavy atom. The van der Waals surface area contributed by atoms with E-state index in [1.165, 1.54) is 0 Å². The van der Waals surface area contributed by atoms with Crippen LogP contribution in [0.5, 0.6) is 0 Å². The number of morpholine rings is 1. The first-order valence-electron chi connectivity index (χ1n) is 6.13. The van der Waals surface area contributed by atoms with Crippen molar-refractivity contribution in [3.05, 3.63) is 29.8 Å². The minimum Gasteiger partial charge on any atom is -0.369 e. The van der Waals surface area contributed by atoms with Crippen molar-refractivity contribution in [2.24, 2.45) is 0 Å². The molecule has 0 radical (unpaired) electrons. The van der Waals surface area contributed by atoms with Gasteiger partial charge in [0.15, 0.2) is 0 Å². The molecule has 4 heteroatoms. The molecule has 1 aliphatic rings. The lowest BCUT2D eigenvalue weighted by Gasteiger charge is -2.41. The molecule has 1 aromatic carbocycles. The van der Waals surface area contributed by atoms with Gasteiger partial charge in [0.05, 0.1) is 11.7 Å². The molecule has 1 heterocycles. The van der Waals surface area contributed by atoms with Gasteiger partial charge in [-0.15, -0.1) is 12.6 Å². The lowest BCUT2D eigenvalue weighted by Crippen LogP contribution is -2.53. The standard InChI is InChI=1S/C14H19NO2S/c1-10-8-15(9-14(2,3)17-10)13(16)11-4-6-12(18)7-5-11/h4-7,10,18H,8-9H2,1-3H3. The zero-order valence-electron chi connectivity index (χ0n) is 11.0. The second-order valence-corrected chi connectivity index (χ2v) is 5.94. The molecular formula is C14H19NO2S. The summed E-state index contributed by atoms with van der Waals surface area (Å²) in [6.07, 6.45) is 0.0712. The van der Waals surface area contributed by atoms with Crippen LogP contribution in [0, 0.1) is 0 Å². The summed E-state index contributed by atoms with van der Waals surface area (Å²) >= 11 is 4.22. The molecule has 0 saturated carbocycles. The number of benzene rings is 1. The molecule has 1 aliphatic heterocycles. The third-order valence-corrected chi connectivity index (χ3v) is 3.27. The molecule has 3 nitrogen and oxygen atoms in total. The van der Waals surface area contributed by atoms with Gasteiger partial charge in [0, 0.05) is 23.5 Å². The molecule has 98 valence electrons. The predicted octanol–water partition coefficient (Wildman–Crippen LogP) is 2.61. The van der Waals surface area contributed by atoms with E-state index in [0.717, 1.165) is 4.90 Å². The van der Waals surface area contributed by atoms with Crippen LogP contribution in [0.4, 0.5) is 0 Å². The largest absolute Gasteiger partial charge is 0.369 e. The van der Waals surface area contributed by atoms with E-state index in [0.29, 0.717) is 18.7 Å². The van der Waals surface area contributed by atoms with Crippen molar-refractivity contribution < 1.29 is 9.53 Å². The number of carbonyl (C=O) groups is 1. The average molecular weight is 265 g/mol. The van der Waals surface area contributed by atoms with Crippen LogP contribution in [0.25, 0.3) is 0 Å². The lowest BCUT2D eigenvalue weighted by atomic mass is 10.0. The molecule has 2 rings (SSSR count). The van der Waals surface area contributed by atoms with Gasteiger partial charge in [-0.1, -0.05) is 0 Å². The molecule has 1 unspecified atom stereocenters. The Balaban J connectivity index is 2.16. The van der Waals surface area contributed by atoms with Crippen LogP contribution < -0.4 is 0 Å². The highest BCUT2D eigenvalue weighted by atomic mass is 32.1. The summed E-state index contributed by atoms with van der Waals surface area (Å²) in [6.45, 7) is 7.29. The van der Waals surface area contributed by atoms with Crippen molar-refractivity contribution in [1.29, 1.82) is 0 Å². The van der Waals surface area contributed by atoms with Crippen LogP contribution in [0.1, 0.15) is 31.1 Å². The van der Waals surface area contributed by atoms with Crippen molar-refractivity contribution in [3.8, 4) is 0 Å². The Bertz CT molecular complexity index is 442. The van der Waals surface area contributed by atoms with Gasteiger partial charge in [-0.3, -0.25) is 4.79 Å². The van der Waals surface area contributed by atoms with Crippen molar-refractivity contribution in [2.75, 3.05) is 13.1 Å². The SMILES string of the molecule is CC1CN(C(=O)c2ccc(S)cc2)CC(C)(C)O1. The number of carbonyl (C=O) groups excluding carboxylic acids is 1. The number of amides is 1. The van der Waals surface area contributed by atoms with E-state index in [9.17, 15) is 4.79 Å². The Labute approximate surface area is 114 Å². The van der Waals surface area contributed by atoms with E-state index in [1.807, 2.05) is 49.9 Å². The van der Waals surface area contributed by atoms with Gasteiger partial charge in [-0.25, -0.2) is 0 Å². The number of hydrogen-bond acceptors (Lipinski definition) is 3. The summed E-state index contributed by atoms with van der Waals surface area (Å²) in [5.74, 6) is 0.0616. The molecular weight excluding hydrogens is 246 g/mol. The maximum Gasteiger partial charge on any atom is 0.254 e. The average Bonchev–Trinajstić information content (AvgIpc) is 2.26. The van der Waals surface area contributed by atoms with Gasteiger partial charge in [-0.2, -0.15) is 0 Å². The van der Waals surface area contributed by atoms with Crippen LogP contribution in [0.2, 0.25) is 0 Å². The zero-order chi connectivity index (χ0) is 13.3. The van der Waals surface area contributed by atoms with E-state index >= 15 is 0 Å². The first-order chi connectivity index (χ1) is 8.37. The van der Waals surface area contributed by atoms with E-state index < -0.39 is 0 Å². The fourth-order valence-electron chi connectivity index (χ4n) is 2.40. The first kappa shape index (κ1) is 13.4. The van der Waals surface area contributed by atoms with Gasteiger partial charge >= 0.3 is 0 Å². The van der Waals surface area contributed by atoms with Crippen molar-refractivity contribution in [2.45, 2.75) is 37.4 Å². The second kappa shape index (κ2) is 4.94. The van der Waals surface area contributed by atoms with Crippen molar-refractivity contribution >= 4 is 18.5 Å². The minimum absolute atomic E-state index is 0.0616. The highest BCUT2D eigenvalue weighted by Crippen LogP contribution is 2.22. The summed E-state index contributed by atoms with van der Waals surface area (Å²) in [5.41, 5.74) is 0.425. The molecule has 1 atom stereocenters. The summed E-state index contributed by atoms with van der Waals surface area (Å²) in [6, 6.07) is 7.31. The maximum atomic E-state index is 12.4. The predicted molar refractivity (Wildman–Crippen MR) is 74.2 cm³/mol. The van der Waals surface area contributed by atoms with Gasteiger partial charge in [0.25, 0.3) is 5.91 Å². The molecule has 0 N–H and O–H groups in total. The lowest BCUT2D eigenvalue weighted by molar-refractivity contribution is -0.118. The highest BCUT2D eigenvalue weighted by Gasteiger charge is 2.33. The smallest absolute Gasteiger partial charge is 0.254 e. The normalized spacial score (nSPS) is 22.9. The van der Waals surface area contributed by atoms with E-state index in [2.05, 4.69) is 12.6 Å². The topological polar surface area (TPSA) is 29.5 Å². The van der Waals surface area contributed by atoms with Crippen molar-refractivity contribution in [1.82, 2.24) is 4.90 Å². The molecule has 18 heavy (non-hydrogen) atoms. The fourth-order valence-corrected chi connectivity index (χ4v) is 2.54. The Hall–Kier alpha value is -1.00. The zero-order valence-corrected chi connectivity index (χ0v) is 11.9. The number of rotatable bonds is 1. The Morgan fingerprint density at radius 1 is 1.39 bits per heavy atom. The number of hydrogen-bond donors (Lipinski definition) is 1. The summed E-state index contributed by atoms with van der Waals surface area (Å²) < 4.78 is 5.80. The fraction of sp³-hybridized carbons (Fsp3) is 0.500. The maximum absolute atomic E-state index is 12.4. The van der Waals surface area contributed by atoms with Crippen molar-refractivity contribution in [3.63, 3.8) is 0 Å². The van der Waals surface area contributed by atoms with Crippen LogP contribution in [0.15, 0.2) is 29.2 Å². The van der Waals surface area contributed by atoms with Crippen LogP contribution in [-0.2, 0) is 4.74 Å². The first-order valence-corrected chi connectivity index (χ1v) is 6.58. The number of nitrogens with zero attached hydrogens (tertiary/aromatic N) is 1. The molecule has 1 saturated heterocycles. The van der Waals surface area contributed by atoms with Gasteiger partial charge in [-0.05, 0) is 45.0 Å². The molecule has 0 aliphatic carbocycles. The van der Waals surface area contributed by atoms with E-state index in [-0.39, 0.29) is 17.6 Å². The number of ether oxygens (including phenoxy) is 1. The van der Waals surface area contributed by atoms with Gasteiger partial charge in [0.1, 0.15) is 0 Å². The summed E-state index contributed by atoms with van der Waals surface area (Å²) in [5, 5.41) is 0. The third-order valence-electron chi connectivity index (χ3n) is 2.97. The molecule has 1 aromatic rings. The van der Waals surface area contributed by atoms with E-state index in [1.54, 1.807) is 0 Å². The molecule has 0 bridgehead atoms. The Kier molecular flexibility index (Phi) is 3.69. The molecule has 1 fully saturated rings. The van der Waals surface area contributed by atoms with Crippen LogP contribution in [-0.4, -0.2) is 35.6 Å². The number of thiol groups is 1. The van der Waals surface area contributed by atoms with Gasteiger partial charge < -0.3 is 9.64 Å². The molecule has 1 amide bonds. The van der Waals surface area contributed by atoms with Crippen LogP contribution in [0.3, 0.4) is 0 Å². The molecule has 0 aromatic heterocycles.